The van der Waals surface area contributed by atoms with Crippen LogP contribution in [0.3, 0.4) is 0 Å². The van der Waals surface area contributed by atoms with Crippen LogP contribution < -0.4 is 5.73 Å². The molecule has 0 spiro atoms. The number of nitrogens with zero attached hydrogens (tertiary/aromatic N) is 1. The summed E-state index contributed by atoms with van der Waals surface area (Å²) >= 11 is 0. The van der Waals surface area contributed by atoms with E-state index in [1.807, 2.05) is 0 Å². The second kappa shape index (κ2) is 6.18. The van der Waals surface area contributed by atoms with E-state index < -0.39 is 0 Å². The van der Waals surface area contributed by atoms with Gasteiger partial charge in [-0.1, -0.05) is 36.2 Å². The first-order chi connectivity index (χ1) is 8.25. The predicted octanol–water partition coefficient (Wildman–Crippen LogP) is 2.87. The monoisotopic (exact) mass is 232 g/mol. The highest BCUT2D eigenvalue weighted by Gasteiger charge is 2.12. The van der Waals surface area contributed by atoms with Crippen LogP contribution in [-0.2, 0) is 0 Å². The van der Waals surface area contributed by atoms with Crippen LogP contribution in [0.4, 0.5) is 0 Å². The molecular formula is C15H24N2. The van der Waals surface area contributed by atoms with E-state index in [2.05, 4.69) is 36.1 Å². The smallest absolute Gasteiger partial charge is 0.0307 e. The summed E-state index contributed by atoms with van der Waals surface area (Å²) < 4.78 is 0. The normalized spacial score (nSPS) is 19.2. The summed E-state index contributed by atoms with van der Waals surface area (Å²) in [5, 5.41) is 0. The molecule has 94 valence electrons. The first kappa shape index (κ1) is 12.6. The van der Waals surface area contributed by atoms with Gasteiger partial charge in [-0.3, -0.25) is 0 Å². The summed E-state index contributed by atoms with van der Waals surface area (Å²) in [6.07, 6.45) is 5.20. The molecule has 1 aromatic rings. The minimum Gasteiger partial charge on any atom is -0.324 e. The molecule has 1 aliphatic rings. The average molecular weight is 232 g/mol. The van der Waals surface area contributed by atoms with E-state index in [1.54, 1.807) is 0 Å². The third kappa shape index (κ3) is 3.83. The third-order valence-corrected chi connectivity index (χ3v) is 3.68. The zero-order valence-electron chi connectivity index (χ0n) is 10.9. The van der Waals surface area contributed by atoms with Gasteiger partial charge in [-0.25, -0.2) is 0 Å². The Bertz CT molecular complexity index is 343. The SMILES string of the molecule is Cc1cccc(C(N)CCN2CCCCC2)c1. The van der Waals surface area contributed by atoms with Gasteiger partial charge < -0.3 is 10.6 Å². The minimum absolute atomic E-state index is 0.192. The summed E-state index contributed by atoms with van der Waals surface area (Å²) in [4.78, 5) is 2.55. The van der Waals surface area contributed by atoms with Crippen LogP contribution in [0.5, 0.6) is 0 Å². The molecule has 1 aromatic carbocycles. The molecule has 2 N–H and O–H groups in total. The van der Waals surface area contributed by atoms with Gasteiger partial charge in [0.15, 0.2) is 0 Å². The van der Waals surface area contributed by atoms with Crippen LogP contribution in [0.15, 0.2) is 24.3 Å². The van der Waals surface area contributed by atoms with E-state index >= 15 is 0 Å². The average Bonchev–Trinajstić information content (AvgIpc) is 2.37. The molecular weight excluding hydrogens is 208 g/mol. The largest absolute Gasteiger partial charge is 0.324 e. The third-order valence-electron chi connectivity index (χ3n) is 3.68. The molecule has 2 heteroatoms. The van der Waals surface area contributed by atoms with Crippen molar-refractivity contribution in [2.45, 2.75) is 38.6 Å². The molecule has 0 bridgehead atoms. The fourth-order valence-electron chi connectivity index (χ4n) is 2.57. The standard InChI is InChI=1S/C15H24N2/c1-13-6-5-7-14(12-13)15(16)8-11-17-9-3-2-4-10-17/h5-7,12,15H,2-4,8-11,16H2,1H3. The van der Waals surface area contributed by atoms with E-state index in [4.69, 9.17) is 5.73 Å². The van der Waals surface area contributed by atoms with Crippen molar-refractivity contribution in [1.82, 2.24) is 4.90 Å². The van der Waals surface area contributed by atoms with Crippen LogP contribution >= 0.6 is 0 Å². The Morgan fingerprint density at radius 3 is 2.71 bits per heavy atom. The zero-order chi connectivity index (χ0) is 12.1. The molecule has 1 aliphatic heterocycles. The van der Waals surface area contributed by atoms with Crippen molar-refractivity contribution in [3.05, 3.63) is 35.4 Å². The number of rotatable bonds is 4. The lowest BCUT2D eigenvalue weighted by molar-refractivity contribution is 0.221. The van der Waals surface area contributed by atoms with Gasteiger partial charge >= 0.3 is 0 Å². The number of hydrogen-bond donors (Lipinski definition) is 1. The summed E-state index contributed by atoms with van der Waals surface area (Å²) in [6.45, 7) is 5.80. The molecule has 0 saturated carbocycles. The Labute approximate surface area is 105 Å². The Morgan fingerprint density at radius 2 is 2.00 bits per heavy atom. The van der Waals surface area contributed by atoms with Crippen LogP contribution in [-0.4, -0.2) is 24.5 Å². The molecule has 1 fully saturated rings. The van der Waals surface area contributed by atoms with Gasteiger partial charge in [-0.15, -0.1) is 0 Å². The van der Waals surface area contributed by atoms with E-state index in [-0.39, 0.29) is 6.04 Å². The van der Waals surface area contributed by atoms with Crippen molar-refractivity contribution >= 4 is 0 Å². The van der Waals surface area contributed by atoms with Crippen LogP contribution in [0.2, 0.25) is 0 Å². The number of likely N-dealkylation sites (tertiary alicyclic amines) is 1. The number of nitrogens with two attached hydrogens (primary N) is 1. The van der Waals surface area contributed by atoms with E-state index in [1.165, 1.54) is 43.5 Å². The van der Waals surface area contributed by atoms with Crippen molar-refractivity contribution in [3.8, 4) is 0 Å². The van der Waals surface area contributed by atoms with Gasteiger partial charge in [-0.05, 0) is 51.4 Å². The van der Waals surface area contributed by atoms with E-state index in [0.717, 1.165) is 13.0 Å². The molecule has 1 unspecified atom stereocenters. The van der Waals surface area contributed by atoms with E-state index in [0.29, 0.717) is 0 Å². The topological polar surface area (TPSA) is 29.3 Å². The van der Waals surface area contributed by atoms with Gasteiger partial charge in [-0.2, -0.15) is 0 Å². The second-order valence-corrected chi connectivity index (χ2v) is 5.21. The van der Waals surface area contributed by atoms with Gasteiger partial charge in [0.05, 0.1) is 0 Å². The Kier molecular flexibility index (Phi) is 4.57. The van der Waals surface area contributed by atoms with Crippen molar-refractivity contribution in [2.24, 2.45) is 5.73 Å². The molecule has 2 nitrogen and oxygen atoms in total. The fourth-order valence-corrected chi connectivity index (χ4v) is 2.57. The maximum absolute atomic E-state index is 6.25. The highest BCUT2D eigenvalue weighted by molar-refractivity contribution is 5.24. The molecule has 0 radical (unpaired) electrons. The van der Waals surface area contributed by atoms with Crippen molar-refractivity contribution in [2.75, 3.05) is 19.6 Å². The van der Waals surface area contributed by atoms with Crippen LogP contribution in [0, 0.1) is 6.92 Å². The highest BCUT2D eigenvalue weighted by atomic mass is 15.1. The van der Waals surface area contributed by atoms with Crippen molar-refractivity contribution < 1.29 is 0 Å². The molecule has 1 heterocycles. The van der Waals surface area contributed by atoms with Gasteiger partial charge in [0, 0.05) is 6.04 Å². The molecule has 0 amide bonds. The van der Waals surface area contributed by atoms with Gasteiger partial charge in [0.1, 0.15) is 0 Å². The zero-order valence-corrected chi connectivity index (χ0v) is 10.9. The lowest BCUT2D eigenvalue weighted by Crippen LogP contribution is -2.32. The first-order valence-corrected chi connectivity index (χ1v) is 6.80. The number of benzene rings is 1. The lowest BCUT2D eigenvalue weighted by Gasteiger charge is -2.27. The van der Waals surface area contributed by atoms with E-state index in [9.17, 15) is 0 Å². The predicted molar refractivity (Wildman–Crippen MR) is 73.0 cm³/mol. The fraction of sp³-hybridized carbons (Fsp3) is 0.600. The van der Waals surface area contributed by atoms with Gasteiger partial charge in [0.25, 0.3) is 0 Å². The molecule has 0 aromatic heterocycles. The lowest BCUT2D eigenvalue weighted by atomic mass is 10.0. The maximum atomic E-state index is 6.25. The Morgan fingerprint density at radius 1 is 1.24 bits per heavy atom. The number of hydrogen-bond acceptors (Lipinski definition) is 2. The van der Waals surface area contributed by atoms with Crippen LogP contribution in [0.25, 0.3) is 0 Å². The molecule has 1 atom stereocenters. The van der Waals surface area contributed by atoms with Gasteiger partial charge in [0.2, 0.25) is 0 Å². The summed E-state index contributed by atoms with van der Waals surface area (Å²) in [5.74, 6) is 0. The Balaban J connectivity index is 1.82. The van der Waals surface area contributed by atoms with Crippen molar-refractivity contribution in [3.63, 3.8) is 0 Å². The second-order valence-electron chi connectivity index (χ2n) is 5.21. The molecule has 0 aliphatic carbocycles. The first-order valence-electron chi connectivity index (χ1n) is 6.80. The number of aryl methyl sites for hydroxylation is 1. The highest BCUT2D eigenvalue weighted by Crippen LogP contribution is 2.17. The number of piperidine rings is 1. The van der Waals surface area contributed by atoms with Crippen LogP contribution in [0.1, 0.15) is 42.9 Å². The molecule has 2 rings (SSSR count). The maximum Gasteiger partial charge on any atom is 0.0307 e. The summed E-state index contributed by atoms with van der Waals surface area (Å²) in [7, 11) is 0. The Hall–Kier alpha value is -0.860. The molecule has 1 saturated heterocycles. The van der Waals surface area contributed by atoms with Crippen molar-refractivity contribution in [1.29, 1.82) is 0 Å². The quantitative estimate of drug-likeness (QED) is 0.865. The summed E-state index contributed by atoms with van der Waals surface area (Å²) in [6, 6.07) is 8.78. The summed E-state index contributed by atoms with van der Waals surface area (Å²) in [5.41, 5.74) is 8.84. The molecule has 17 heavy (non-hydrogen) atoms. The minimum atomic E-state index is 0.192.